The Morgan fingerprint density at radius 2 is 0.824 bits per heavy atom. The average Bonchev–Trinajstić information content (AvgIpc) is 3.48. The van der Waals surface area contributed by atoms with Crippen LogP contribution in [0.5, 0.6) is 0 Å². The molecule has 0 saturated carbocycles. The minimum Gasteiger partial charge on any atom is -0.337 e. The van der Waals surface area contributed by atoms with E-state index < -0.39 is 0 Å². The summed E-state index contributed by atoms with van der Waals surface area (Å²) in [5, 5.41) is 0. The number of hydrogen-bond donors (Lipinski definition) is 0. The second kappa shape index (κ2) is 27.9. The fourth-order valence-electron chi connectivity index (χ4n) is 8.90. The molecule has 9 aromatic carbocycles. The summed E-state index contributed by atoms with van der Waals surface area (Å²) in [5.41, 5.74) is 18.9. The van der Waals surface area contributed by atoms with Crippen molar-refractivity contribution in [2.45, 2.75) is 33.6 Å². The highest BCUT2D eigenvalue weighted by Gasteiger charge is 2.18. The molecule has 0 spiro atoms. The van der Waals surface area contributed by atoms with E-state index in [1.54, 1.807) is 6.92 Å². The van der Waals surface area contributed by atoms with E-state index in [4.69, 9.17) is 0 Å². The van der Waals surface area contributed by atoms with Crippen LogP contribution in [0.4, 0.5) is 22.7 Å². The molecule has 0 atom stereocenters. The quantitative estimate of drug-likeness (QED) is 0.0663. The van der Waals surface area contributed by atoms with Gasteiger partial charge in [-0.05, 0) is 149 Å². The molecule has 0 aliphatic carbocycles. The number of rotatable bonds is 17. The SMILES string of the molecule is C#C.C#CC.CC/C=C(\C=C(/CN(c1ccccc1)c1ccc(-c2ccc(-c3ccc(N(C(/C=C\Cc4ccccc4)=C(/C)c4ccccc4)c4ccccc4)cc3)cc2)cc1)c1ccccc1)c1ccccc1. The highest BCUT2D eigenvalue weighted by Crippen LogP contribution is 2.37. The molecule has 0 bridgehead atoms. The zero-order valence-electron chi connectivity index (χ0n) is 42.8. The lowest BCUT2D eigenvalue weighted by Gasteiger charge is -2.28. The third-order valence-electron chi connectivity index (χ3n) is 12.6. The summed E-state index contributed by atoms with van der Waals surface area (Å²) in [6, 6.07) is 91.2. The summed E-state index contributed by atoms with van der Waals surface area (Å²) in [5.74, 6) is 2.25. The number of hydrogen-bond acceptors (Lipinski definition) is 2. The second-order valence-electron chi connectivity index (χ2n) is 17.5. The van der Waals surface area contributed by atoms with Crippen LogP contribution in [0.15, 0.2) is 285 Å². The van der Waals surface area contributed by atoms with Gasteiger partial charge in [-0.25, -0.2) is 0 Å². The van der Waals surface area contributed by atoms with Crippen molar-refractivity contribution >= 4 is 39.5 Å². The van der Waals surface area contributed by atoms with Crippen LogP contribution in [0.1, 0.15) is 49.4 Å². The highest BCUT2D eigenvalue weighted by atomic mass is 15.1. The van der Waals surface area contributed by atoms with Gasteiger partial charge in [0.2, 0.25) is 0 Å². The molecule has 2 heteroatoms. The van der Waals surface area contributed by atoms with Gasteiger partial charge in [0.05, 0.1) is 0 Å². The van der Waals surface area contributed by atoms with E-state index in [1.165, 1.54) is 61.2 Å². The maximum Gasteiger partial charge on any atom is 0.0493 e. The number of anilines is 4. The smallest absolute Gasteiger partial charge is 0.0493 e. The molecule has 0 aliphatic heterocycles. The molecule has 0 amide bonds. The van der Waals surface area contributed by atoms with Crippen LogP contribution >= 0.6 is 0 Å². The second-order valence-corrected chi connectivity index (χ2v) is 17.5. The number of benzene rings is 9. The normalized spacial score (nSPS) is 11.5. The Kier molecular flexibility index (Phi) is 19.8. The van der Waals surface area contributed by atoms with E-state index in [0.29, 0.717) is 6.54 Å². The summed E-state index contributed by atoms with van der Waals surface area (Å²) in [7, 11) is 0. The summed E-state index contributed by atoms with van der Waals surface area (Å²) in [6.45, 7) is 6.79. The monoisotopic (exact) mass is 957 g/mol. The van der Waals surface area contributed by atoms with E-state index in [2.05, 4.69) is 328 Å². The van der Waals surface area contributed by atoms with Gasteiger partial charge in [-0.15, -0.1) is 25.2 Å². The molecule has 362 valence electrons. The van der Waals surface area contributed by atoms with Gasteiger partial charge in [-0.1, -0.05) is 225 Å². The Hall–Kier alpha value is -9.34. The molecular weight excluding hydrogens is 893 g/mol. The fraction of sp³-hybridized carbons (Fsp3) is 0.0833. The van der Waals surface area contributed by atoms with Crippen LogP contribution in [-0.2, 0) is 6.42 Å². The van der Waals surface area contributed by atoms with Gasteiger partial charge in [0, 0.05) is 35.0 Å². The average molecular weight is 957 g/mol. The molecule has 2 nitrogen and oxygen atoms in total. The topological polar surface area (TPSA) is 6.48 Å². The molecule has 0 aliphatic rings. The number of terminal acetylenes is 2. The Balaban J connectivity index is 0.00000154. The van der Waals surface area contributed by atoms with Gasteiger partial charge < -0.3 is 9.80 Å². The minimum atomic E-state index is 0.701. The molecule has 0 saturated heterocycles. The van der Waals surface area contributed by atoms with Gasteiger partial charge >= 0.3 is 0 Å². The molecule has 0 fully saturated rings. The third kappa shape index (κ3) is 14.2. The largest absolute Gasteiger partial charge is 0.337 e. The number of para-hydroxylation sites is 2. The van der Waals surface area contributed by atoms with Crippen molar-refractivity contribution in [2.75, 3.05) is 16.3 Å². The molecule has 0 aromatic heterocycles. The molecular formula is C72H64N2. The van der Waals surface area contributed by atoms with E-state index in [9.17, 15) is 0 Å². The lowest BCUT2D eigenvalue weighted by Crippen LogP contribution is -2.19. The van der Waals surface area contributed by atoms with Crippen LogP contribution in [-0.4, -0.2) is 6.54 Å². The molecule has 0 N–H and O–H groups in total. The summed E-state index contributed by atoms with van der Waals surface area (Å²) in [6.07, 6.45) is 23.7. The lowest BCUT2D eigenvalue weighted by molar-refractivity contribution is 1.11. The van der Waals surface area contributed by atoms with Crippen molar-refractivity contribution in [3.8, 4) is 47.4 Å². The van der Waals surface area contributed by atoms with Crippen molar-refractivity contribution in [3.63, 3.8) is 0 Å². The first-order valence-electron chi connectivity index (χ1n) is 25.2. The van der Waals surface area contributed by atoms with E-state index in [-0.39, 0.29) is 0 Å². The maximum absolute atomic E-state index is 4.60. The molecule has 0 unspecified atom stereocenters. The van der Waals surface area contributed by atoms with Gasteiger partial charge in [-0.3, -0.25) is 0 Å². The first-order valence-corrected chi connectivity index (χ1v) is 25.2. The van der Waals surface area contributed by atoms with Crippen LogP contribution < -0.4 is 9.80 Å². The van der Waals surface area contributed by atoms with Crippen molar-refractivity contribution in [1.82, 2.24) is 0 Å². The van der Waals surface area contributed by atoms with Crippen LogP contribution in [0.2, 0.25) is 0 Å². The predicted octanol–water partition coefficient (Wildman–Crippen LogP) is 19.0. The van der Waals surface area contributed by atoms with Crippen LogP contribution in [0.3, 0.4) is 0 Å². The molecule has 0 heterocycles. The molecule has 9 rings (SSSR count). The minimum absolute atomic E-state index is 0.701. The molecule has 0 radical (unpaired) electrons. The van der Waals surface area contributed by atoms with E-state index in [1.807, 2.05) is 0 Å². The van der Waals surface area contributed by atoms with Gasteiger partial charge in [-0.2, -0.15) is 0 Å². The summed E-state index contributed by atoms with van der Waals surface area (Å²) >= 11 is 0. The maximum atomic E-state index is 4.60. The predicted molar refractivity (Wildman–Crippen MR) is 321 cm³/mol. The summed E-state index contributed by atoms with van der Waals surface area (Å²) in [4.78, 5) is 4.80. The zero-order chi connectivity index (χ0) is 51.7. The first-order chi connectivity index (χ1) is 36.5. The Morgan fingerprint density at radius 1 is 0.459 bits per heavy atom. The van der Waals surface area contributed by atoms with Crippen molar-refractivity contribution < 1.29 is 0 Å². The van der Waals surface area contributed by atoms with Gasteiger partial charge in [0.15, 0.2) is 0 Å². The molecule has 9 aromatic rings. The van der Waals surface area contributed by atoms with Crippen LogP contribution in [0, 0.1) is 25.2 Å². The van der Waals surface area contributed by atoms with Crippen molar-refractivity contribution in [3.05, 3.63) is 307 Å². The fourth-order valence-corrected chi connectivity index (χ4v) is 8.90. The van der Waals surface area contributed by atoms with Gasteiger partial charge in [0.1, 0.15) is 0 Å². The Bertz CT molecular complexity index is 3270. The number of allylic oxidation sites excluding steroid dienone is 6. The summed E-state index contributed by atoms with van der Waals surface area (Å²) < 4.78 is 0. The van der Waals surface area contributed by atoms with E-state index >= 15 is 0 Å². The number of nitrogens with zero attached hydrogens (tertiary/aromatic N) is 2. The standard InChI is InChI=1S/C67H58N2.C3H4.C2H2/c1-3-23-61(55-29-14-6-15-30-55)50-62(56-31-16-7-17-32-56)51-68(63-33-18-8-19-34-63)64-46-42-59(43-47-64)57-38-40-58(41-39-57)60-44-48-66(49-45-60)69(65-35-20-9-21-36-65)67(52(2)54-27-12-5-13-28-54)37-22-26-53-24-10-4-11-25-53;1-3-2;1-2/h4-25,27-50H,3,26,51H2,1-2H3;1H,2H3;1-2H/b37-22-,61-23+,62-50+,67-52-;;. The third-order valence-corrected chi connectivity index (χ3v) is 12.6. The Labute approximate surface area is 441 Å². The lowest BCUT2D eigenvalue weighted by atomic mass is 9.97. The molecule has 74 heavy (non-hydrogen) atoms. The van der Waals surface area contributed by atoms with Crippen LogP contribution in [0.25, 0.3) is 39.0 Å². The van der Waals surface area contributed by atoms with Crippen molar-refractivity contribution in [1.29, 1.82) is 0 Å². The van der Waals surface area contributed by atoms with Gasteiger partial charge in [0.25, 0.3) is 0 Å². The zero-order valence-corrected chi connectivity index (χ0v) is 42.8. The van der Waals surface area contributed by atoms with Crippen molar-refractivity contribution in [2.24, 2.45) is 0 Å². The Morgan fingerprint density at radius 3 is 1.30 bits per heavy atom. The first kappa shape index (κ1) is 52.5. The highest BCUT2D eigenvalue weighted by molar-refractivity contribution is 5.87. The van der Waals surface area contributed by atoms with E-state index in [0.717, 1.165) is 41.3 Å².